The normalized spacial score (nSPS) is 6.00. The number of rotatable bonds is 2. The Morgan fingerprint density at radius 2 is 1.20 bits per heavy atom. The summed E-state index contributed by atoms with van der Waals surface area (Å²) in [5.41, 5.74) is 0. The molecule has 0 aromatic carbocycles. The molecule has 7 heteroatoms. The van der Waals surface area contributed by atoms with Gasteiger partial charge in [0.15, 0.2) is 0 Å². The monoisotopic (exact) mass is 514 g/mol. The minimum atomic E-state index is -0.954. The molecule has 0 fully saturated rings. The maximum atomic E-state index is 8.17. The third-order valence-corrected chi connectivity index (χ3v) is 0.421. The molecule has 10 heavy (non-hydrogen) atoms. The van der Waals surface area contributed by atoms with Crippen molar-refractivity contribution in [1.82, 2.24) is 0 Å². The van der Waals surface area contributed by atoms with Gasteiger partial charge in [-0.05, 0) is 0 Å². The van der Waals surface area contributed by atoms with Gasteiger partial charge in [-0.15, -0.1) is 0 Å². The van der Waals surface area contributed by atoms with Gasteiger partial charge in [-0.2, -0.15) is 0 Å². The maximum absolute atomic E-state index is 8.17. The van der Waals surface area contributed by atoms with Crippen molar-refractivity contribution in [2.75, 3.05) is 13.2 Å². The molecular formula is C3H10I3KO3. The molecule has 0 unspecified atom stereocenters. The molecule has 62 valence electrons. The summed E-state index contributed by atoms with van der Waals surface area (Å²) in [6.07, 6.45) is -0.954. The first-order valence-corrected chi connectivity index (χ1v) is 1.71. The number of hydrogen-bond donors (Lipinski definition) is 3. The molecule has 0 atom stereocenters. The molecule has 0 amide bonds. The first-order chi connectivity index (χ1) is 2.81. The Kier molecular flexibility index (Phi) is 67.1. The van der Waals surface area contributed by atoms with Crippen LogP contribution in [0.4, 0.5) is 0 Å². The van der Waals surface area contributed by atoms with Crippen LogP contribution in [0.5, 0.6) is 0 Å². The van der Waals surface area contributed by atoms with Gasteiger partial charge in [0.05, 0.1) is 13.2 Å². The Morgan fingerprint density at radius 3 is 1.20 bits per heavy atom. The van der Waals surface area contributed by atoms with Crippen molar-refractivity contribution in [3.8, 4) is 0 Å². The zero-order valence-corrected chi connectivity index (χ0v) is 15.5. The SMILES string of the molecule is OCC(O)CO.[I-].[I-].[IH2+].[K+]. The van der Waals surface area contributed by atoms with Gasteiger partial charge in [0.1, 0.15) is 6.10 Å². The molecule has 0 aliphatic carbocycles. The Bertz CT molecular complexity index is 38.2. The van der Waals surface area contributed by atoms with E-state index >= 15 is 0 Å². The van der Waals surface area contributed by atoms with Gasteiger partial charge < -0.3 is 63.3 Å². The molecule has 3 N–H and O–H groups in total. The Morgan fingerprint density at radius 1 is 1.00 bits per heavy atom. The fourth-order valence-corrected chi connectivity index (χ4v) is 0.0577. The second kappa shape index (κ2) is 23.0. The van der Waals surface area contributed by atoms with Crippen LogP contribution < -0.4 is 123 Å². The molecule has 0 aliphatic rings. The maximum Gasteiger partial charge on any atom is 1.00 e. The third kappa shape index (κ3) is 22.6. The standard InChI is InChI=1S/C3H8O3.H2I.2HI.K/c4-1-3(6)2-5;;;;/h3-6H,1-2H2;1H2;2*1H;/q;+1;;;+1/p-2. The zero-order valence-electron chi connectivity index (χ0n) is 5.54. The molecule has 0 aromatic rings. The molecule has 0 saturated carbocycles. The predicted octanol–water partition coefficient (Wildman–Crippen LogP) is -14.2. The number of hydrogen-bond acceptors (Lipinski definition) is 3. The number of aliphatic hydroxyl groups is 3. The van der Waals surface area contributed by atoms with Crippen LogP contribution >= 0.6 is 0 Å². The molecule has 0 aromatic heterocycles. The minimum absolute atomic E-state index is 0. The summed E-state index contributed by atoms with van der Waals surface area (Å²) in [5, 5.41) is 24.0. The summed E-state index contributed by atoms with van der Waals surface area (Å²) in [4.78, 5) is 0. The van der Waals surface area contributed by atoms with Gasteiger partial charge in [0.2, 0.25) is 24.0 Å². The molecule has 0 radical (unpaired) electrons. The molecular weight excluding hydrogens is 504 g/mol. The van der Waals surface area contributed by atoms with Crippen molar-refractivity contribution in [2.45, 2.75) is 6.10 Å². The summed E-state index contributed by atoms with van der Waals surface area (Å²) in [7, 11) is 0. The third-order valence-electron chi connectivity index (χ3n) is 0.421. The molecule has 0 heterocycles. The van der Waals surface area contributed by atoms with Crippen molar-refractivity contribution in [3.05, 3.63) is 0 Å². The zero-order chi connectivity index (χ0) is 4.99. The fourth-order valence-electron chi connectivity index (χ4n) is 0.0577. The topological polar surface area (TPSA) is 60.7 Å². The quantitative estimate of drug-likeness (QED) is 0.254. The van der Waals surface area contributed by atoms with E-state index in [1.807, 2.05) is 0 Å². The first-order valence-electron chi connectivity index (χ1n) is 1.71. The van der Waals surface area contributed by atoms with Gasteiger partial charge in [-0.1, -0.05) is 0 Å². The average molecular weight is 514 g/mol. The van der Waals surface area contributed by atoms with Gasteiger partial charge in [0.25, 0.3) is 0 Å². The van der Waals surface area contributed by atoms with Crippen LogP contribution in [0.3, 0.4) is 0 Å². The van der Waals surface area contributed by atoms with E-state index in [1.165, 1.54) is 0 Å². The van der Waals surface area contributed by atoms with E-state index < -0.39 is 6.10 Å². The molecule has 0 bridgehead atoms. The smallest absolute Gasteiger partial charge is 1.00 e. The van der Waals surface area contributed by atoms with Crippen molar-refractivity contribution in [2.24, 2.45) is 0 Å². The summed E-state index contributed by atoms with van der Waals surface area (Å²) >= 11 is 0. The van der Waals surface area contributed by atoms with Crippen molar-refractivity contribution < 1.29 is 139 Å². The van der Waals surface area contributed by atoms with Crippen LogP contribution in [-0.4, -0.2) is 34.6 Å². The van der Waals surface area contributed by atoms with Gasteiger partial charge in [0, 0.05) is 0 Å². The van der Waals surface area contributed by atoms with Crippen LogP contribution in [0, 0.1) is 0 Å². The summed E-state index contributed by atoms with van der Waals surface area (Å²) < 4.78 is 0. The second-order valence-electron chi connectivity index (χ2n) is 1.02. The van der Waals surface area contributed by atoms with Crippen LogP contribution in [0.2, 0.25) is 0 Å². The van der Waals surface area contributed by atoms with Crippen LogP contribution in [0.15, 0.2) is 0 Å². The number of halogens is 3. The summed E-state index contributed by atoms with van der Waals surface area (Å²) in [5.74, 6) is 0. The molecule has 0 rings (SSSR count). The van der Waals surface area contributed by atoms with Gasteiger partial charge in [-0.25, -0.2) is 0 Å². The Labute approximate surface area is 154 Å². The van der Waals surface area contributed by atoms with Crippen molar-refractivity contribution in [3.63, 3.8) is 0 Å². The Hall–Kier alpha value is 3.71. The van der Waals surface area contributed by atoms with E-state index in [4.69, 9.17) is 15.3 Å². The van der Waals surface area contributed by atoms with Crippen molar-refractivity contribution >= 4 is 0 Å². The van der Waals surface area contributed by atoms with E-state index in [0.29, 0.717) is 0 Å². The minimum Gasteiger partial charge on any atom is -1.00 e. The average Bonchev–Trinajstić information content (AvgIpc) is 1.65. The van der Waals surface area contributed by atoms with Crippen LogP contribution in [0.25, 0.3) is 0 Å². The largest absolute Gasteiger partial charge is 1.00 e. The van der Waals surface area contributed by atoms with E-state index in [0.717, 1.165) is 0 Å². The van der Waals surface area contributed by atoms with Crippen LogP contribution in [-0.2, 0) is 0 Å². The number of aliphatic hydroxyl groups excluding tert-OH is 3. The van der Waals surface area contributed by atoms with E-state index in [2.05, 4.69) is 0 Å². The first kappa shape index (κ1) is 29.2. The molecule has 0 spiro atoms. The summed E-state index contributed by atoms with van der Waals surface area (Å²) in [6, 6.07) is 0. The predicted molar refractivity (Wildman–Crippen MR) is 23.0 cm³/mol. The summed E-state index contributed by atoms with van der Waals surface area (Å²) in [6.45, 7) is -0.729. The molecule has 3 nitrogen and oxygen atoms in total. The molecule has 0 aliphatic heterocycles. The van der Waals surface area contributed by atoms with Crippen molar-refractivity contribution in [1.29, 1.82) is 0 Å². The van der Waals surface area contributed by atoms with E-state index in [-0.39, 0.29) is 137 Å². The van der Waals surface area contributed by atoms with E-state index in [9.17, 15) is 0 Å². The fraction of sp³-hybridized carbons (Fsp3) is 1.00. The van der Waals surface area contributed by atoms with Gasteiger partial charge >= 0.3 is 51.4 Å². The molecule has 0 saturated heterocycles. The van der Waals surface area contributed by atoms with Gasteiger partial charge in [-0.3, -0.25) is 0 Å². The Balaban J connectivity index is -0.0000000208. The van der Waals surface area contributed by atoms with E-state index in [1.54, 1.807) is 0 Å². The second-order valence-corrected chi connectivity index (χ2v) is 1.02. The van der Waals surface area contributed by atoms with Crippen LogP contribution in [0.1, 0.15) is 0 Å².